The summed E-state index contributed by atoms with van der Waals surface area (Å²) in [4.78, 5) is 40.9. The van der Waals surface area contributed by atoms with Crippen LogP contribution in [-0.4, -0.2) is 45.2 Å². The molecule has 2 heterocycles. The number of hydrogen-bond acceptors (Lipinski definition) is 10. The van der Waals surface area contributed by atoms with Gasteiger partial charge in [-0.05, 0) is 48.0 Å². The molecule has 0 fully saturated rings. The van der Waals surface area contributed by atoms with Gasteiger partial charge in [-0.2, -0.15) is 5.26 Å². The monoisotopic (exact) mass is 551 g/mol. The Bertz CT molecular complexity index is 1640. The summed E-state index contributed by atoms with van der Waals surface area (Å²) in [7, 11) is 2.36. The number of ether oxygens (including phenoxy) is 4. The molecule has 5 rings (SSSR count). The van der Waals surface area contributed by atoms with E-state index in [1.807, 2.05) is 0 Å². The Morgan fingerprint density at radius 2 is 1.51 bits per heavy atom. The highest BCUT2D eigenvalue weighted by molar-refractivity contribution is 6.10. The van der Waals surface area contributed by atoms with Crippen LogP contribution in [-0.2, 0) is 19.1 Å². The number of rotatable bonds is 6. The lowest BCUT2D eigenvalue weighted by Gasteiger charge is -2.35. The molecule has 3 aromatic carbocycles. The zero-order valence-electron chi connectivity index (χ0n) is 22.2. The molecule has 0 bridgehead atoms. The molecule has 41 heavy (non-hydrogen) atoms. The molecular weight excluding hydrogens is 526 g/mol. The van der Waals surface area contributed by atoms with Crippen LogP contribution in [0.2, 0.25) is 0 Å². The van der Waals surface area contributed by atoms with Gasteiger partial charge in [-0.15, -0.1) is 0 Å². The minimum absolute atomic E-state index is 0.0423. The number of methoxy groups -OCH3 is 2. The molecular formula is C31H25N3O7. The Balaban J connectivity index is 1.60. The minimum atomic E-state index is -0.977. The third-order valence-electron chi connectivity index (χ3n) is 6.80. The quantitative estimate of drug-likeness (QED) is 0.357. The zero-order valence-corrected chi connectivity index (χ0v) is 22.2. The van der Waals surface area contributed by atoms with Crippen LogP contribution in [0.5, 0.6) is 11.5 Å². The lowest BCUT2D eigenvalue weighted by atomic mass is 9.81. The van der Waals surface area contributed by atoms with E-state index >= 15 is 0 Å². The molecule has 2 aliphatic heterocycles. The van der Waals surface area contributed by atoms with E-state index in [1.54, 1.807) is 72.8 Å². The first kappa shape index (κ1) is 27.0. The topological polar surface area (TPSA) is 141 Å². The highest BCUT2D eigenvalue weighted by Gasteiger charge is 2.43. The van der Waals surface area contributed by atoms with Gasteiger partial charge < -0.3 is 24.7 Å². The molecule has 1 unspecified atom stereocenters. The highest BCUT2D eigenvalue weighted by Crippen LogP contribution is 2.43. The van der Waals surface area contributed by atoms with Gasteiger partial charge in [-0.1, -0.05) is 30.3 Å². The van der Waals surface area contributed by atoms with Crippen molar-refractivity contribution in [3.63, 3.8) is 0 Å². The molecule has 2 N–H and O–H groups in total. The summed E-state index contributed by atoms with van der Waals surface area (Å²) in [6.45, 7) is 0.832. The first-order chi connectivity index (χ1) is 19.9. The van der Waals surface area contributed by atoms with E-state index < -0.39 is 17.9 Å². The van der Waals surface area contributed by atoms with Crippen molar-refractivity contribution in [1.82, 2.24) is 0 Å². The third kappa shape index (κ3) is 4.85. The molecule has 0 saturated heterocycles. The van der Waals surface area contributed by atoms with Crippen LogP contribution >= 0.6 is 0 Å². The van der Waals surface area contributed by atoms with E-state index in [2.05, 4.69) is 6.07 Å². The first-order valence-electron chi connectivity index (χ1n) is 12.6. The number of esters is 2. The summed E-state index contributed by atoms with van der Waals surface area (Å²) < 4.78 is 21.2. The van der Waals surface area contributed by atoms with Crippen molar-refractivity contribution < 1.29 is 33.3 Å². The van der Waals surface area contributed by atoms with Gasteiger partial charge in [0, 0.05) is 16.8 Å². The Hall–Kier alpha value is -5.56. The van der Waals surface area contributed by atoms with Gasteiger partial charge >= 0.3 is 11.9 Å². The molecule has 1 atom stereocenters. The molecule has 2 aliphatic rings. The largest absolute Gasteiger partial charge is 0.486 e. The van der Waals surface area contributed by atoms with E-state index in [-0.39, 0.29) is 28.4 Å². The number of carbonyl (C=O) groups is 3. The van der Waals surface area contributed by atoms with Crippen LogP contribution in [0.1, 0.15) is 27.4 Å². The van der Waals surface area contributed by atoms with Crippen LogP contribution in [0.15, 0.2) is 95.5 Å². The Morgan fingerprint density at radius 3 is 2.15 bits per heavy atom. The molecule has 206 valence electrons. The Labute approximate surface area is 235 Å². The van der Waals surface area contributed by atoms with Crippen molar-refractivity contribution >= 4 is 23.4 Å². The van der Waals surface area contributed by atoms with Crippen molar-refractivity contribution in [1.29, 1.82) is 5.26 Å². The smallest absolute Gasteiger partial charge is 0.355 e. The van der Waals surface area contributed by atoms with Crippen molar-refractivity contribution in [2.75, 3.05) is 32.3 Å². The van der Waals surface area contributed by atoms with E-state index in [0.717, 1.165) is 0 Å². The van der Waals surface area contributed by atoms with E-state index in [9.17, 15) is 19.6 Å². The fourth-order valence-corrected chi connectivity index (χ4v) is 4.89. The molecule has 0 saturated carbocycles. The van der Waals surface area contributed by atoms with E-state index in [4.69, 9.17) is 24.7 Å². The second-order valence-electron chi connectivity index (χ2n) is 9.07. The van der Waals surface area contributed by atoms with Gasteiger partial charge in [-0.3, -0.25) is 9.69 Å². The fourth-order valence-electron chi connectivity index (χ4n) is 4.89. The second kappa shape index (κ2) is 11.3. The van der Waals surface area contributed by atoms with Crippen molar-refractivity contribution in [2.24, 2.45) is 5.73 Å². The van der Waals surface area contributed by atoms with Crippen LogP contribution in [0.25, 0.3) is 0 Å². The van der Waals surface area contributed by atoms with Gasteiger partial charge in [0.1, 0.15) is 24.7 Å². The summed E-state index contributed by atoms with van der Waals surface area (Å²) in [6, 6.07) is 22.0. The molecule has 0 radical (unpaired) electrons. The number of carbonyl (C=O) groups excluding carboxylic acids is 3. The fraction of sp³-hybridized carbons (Fsp3) is 0.161. The molecule has 10 heteroatoms. The lowest BCUT2D eigenvalue weighted by molar-refractivity contribution is -0.139. The normalized spacial score (nSPS) is 16.1. The number of nitrogens with two attached hydrogens (primary N) is 1. The number of hydrogen-bond donors (Lipinski definition) is 1. The van der Waals surface area contributed by atoms with E-state index in [0.29, 0.717) is 47.1 Å². The predicted octanol–water partition coefficient (Wildman–Crippen LogP) is 3.59. The Morgan fingerprint density at radius 1 is 0.878 bits per heavy atom. The number of benzene rings is 3. The maximum absolute atomic E-state index is 13.2. The van der Waals surface area contributed by atoms with Gasteiger partial charge in [0.05, 0.1) is 37.4 Å². The average molecular weight is 552 g/mol. The van der Waals surface area contributed by atoms with Gasteiger partial charge in [0.2, 0.25) is 0 Å². The molecule has 0 spiro atoms. The standard InChI is InChI=1S/C31H25N3O7/c1-38-30(36)26-25(18-6-4-3-5-7-18)22(17-32)29(33)34(27(26)31(37)39-2)21-11-8-19(9-12-21)28(35)20-10-13-23-24(16-20)41-15-14-40-23/h3-13,16,25H,14-15,33H2,1-2H3. The van der Waals surface area contributed by atoms with Crippen LogP contribution < -0.4 is 20.1 Å². The van der Waals surface area contributed by atoms with Gasteiger partial charge in [-0.25, -0.2) is 9.59 Å². The maximum Gasteiger partial charge on any atom is 0.355 e. The summed E-state index contributed by atoms with van der Waals surface area (Å²) in [6.07, 6.45) is 0. The SMILES string of the molecule is COC(=O)C1=C(C(=O)OC)N(c2ccc(C(=O)c3ccc4c(c3)OCCO4)cc2)C(N)=C(C#N)C1c1ccccc1. The van der Waals surface area contributed by atoms with Crippen LogP contribution in [0, 0.1) is 11.3 Å². The predicted molar refractivity (Wildman–Crippen MR) is 147 cm³/mol. The summed E-state index contributed by atoms with van der Waals surface area (Å²) in [5.41, 5.74) is 7.91. The summed E-state index contributed by atoms with van der Waals surface area (Å²) >= 11 is 0. The Kier molecular flexibility index (Phi) is 7.43. The third-order valence-corrected chi connectivity index (χ3v) is 6.80. The number of fused-ring (bicyclic) bond motifs is 1. The number of anilines is 1. The summed E-state index contributed by atoms with van der Waals surface area (Å²) in [5, 5.41) is 10.2. The van der Waals surface area contributed by atoms with Crippen LogP contribution in [0.4, 0.5) is 5.69 Å². The zero-order chi connectivity index (χ0) is 29.1. The average Bonchev–Trinajstić information content (AvgIpc) is 3.03. The lowest BCUT2D eigenvalue weighted by Crippen LogP contribution is -2.40. The molecule has 0 aromatic heterocycles. The van der Waals surface area contributed by atoms with Crippen molar-refractivity contribution in [3.05, 3.63) is 112 Å². The highest BCUT2D eigenvalue weighted by atomic mass is 16.6. The van der Waals surface area contributed by atoms with Crippen LogP contribution in [0.3, 0.4) is 0 Å². The minimum Gasteiger partial charge on any atom is -0.486 e. The number of nitriles is 1. The summed E-state index contributed by atoms with van der Waals surface area (Å²) in [5.74, 6) is -1.93. The molecule has 0 amide bonds. The molecule has 10 nitrogen and oxygen atoms in total. The van der Waals surface area contributed by atoms with Gasteiger partial charge in [0.15, 0.2) is 17.3 Å². The van der Waals surface area contributed by atoms with Crippen molar-refractivity contribution in [2.45, 2.75) is 5.92 Å². The molecule has 3 aromatic rings. The van der Waals surface area contributed by atoms with E-state index in [1.165, 1.54) is 19.1 Å². The first-order valence-corrected chi connectivity index (χ1v) is 12.6. The number of allylic oxidation sites excluding steroid dienone is 1. The molecule has 0 aliphatic carbocycles. The van der Waals surface area contributed by atoms with Crippen molar-refractivity contribution in [3.8, 4) is 17.6 Å². The number of nitrogens with zero attached hydrogens (tertiary/aromatic N) is 2. The second-order valence-corrected chi connectivity index (χ2v) is 9.07. The maximum atomic E-state index is 13.2. The number of ketones is 1. The van der Waals surface area contributed by atoms with Gasteiger partial charge in [0.25, 0.3) is 0 Å².